The van der Waals surface area contributed by atoms with Crippen LogP contribution in [0.3, 0.4) is 0 Å². The van der Waals surface area contributed by atoms with Gasteiger partial charge in [-0.3, -0.25) is 0 Å². The van der Waals surface area contributed by atoms with Crippen molar-refractivity contribution in [1.82, 2.24) is 0 Å². The fourth-order valence-electron chi connectivity index (χ4n) is 1.70. The van der Waals surface area contributed by atoms with Gasteiger partial charge >= 0.3 is 0 Å². The Labute approximate surface area is 121 Å². The van der Waals surface area contributed by atoms with Crippen molar-refractivity contribution in [2.24, 2.45) is 0 Å². The van der Waals surface area contributed by atoms with Crippen LogP contribution in [-0.2, 0) is 11.3 Å². The van der Waals surface area contributed by atoms with Gasteiger partial charge in [-0.15, -0.1) is 0 Å². The van der Waals surface area contributed by atoms with Gasteiger partial charge in [-0.25, -0.2) is 4.39 Å². The molecule has 5 nitrogen and oxygen atoms in total. The minimum Gasteiger partial charge on any atom is -0.467 e. The fraction of sp³-hybridized carbons (Fsp3) is 0.267. The van der Waals surface area contributed by atoms with Gasteiger partial charge in [-0.2, -0.15) is 5.26 Å². The highest BCUT2D eigenvalue weighted by molar-refractivity contribution is 5.48. The quantitative estimate of drug-likeness (QED) is 0.818. The molecule has 0 bridgehead atoms. The number of rotatable bonds is 7. The SMILES string of the molecule is N#Cc1ccc(NCC(O)COCc2ccco2)c(F)c1. The molecule has 2 aromatic rings. The molecular weight excluding hydrogens is 275 g/mol. The maximum atomic E-state index is 13.6. The first kappa shape index (κ1) is 15.0. The van der Waals surface area contributed by atoms with Crippen molar-refractivity contribution in [2.75, 3.05) is 18.5 Å². The summed E-state index contributed by atoms with van der Waals surface area (Å²) < 4.78 is 23.9. The van der Waals surface area contributed by atoms with Crippen molar-refractivity contribution in [3.63, 3.8) is 0 Å². The van der Waals surface area contributed by atoms with Crippen LogP contribution in [0, 0.1) is 17.1 Å². The summed E-state index contributed by atoms with van der Waals surface area (Å²) in [4.78, 5) is 0. The molecule has 0 saturated heterocycles. The highest BCUT2D eigenvalue weighted by Gasteiger charge is 2.08. The highest BCUT2D eigenvalue weighted by Crippen LogP contribution is 2.15. The average molecular weight is 290 g/mol. The molecule has 21 heavy (non-hydrogen) atoms. The molecular formula is C15H15FN2O3. The van der Waals surface area contributed by atoms with Gasteiger partial charge in [-0.05, 0) is 30.3 Å². The molecule has 0 amide bonds. The number of furan rings is 1. The predicted molar refractivity (Wildman–Crippen MR) is 74.0 cm³/mol. The molecule has 110 valence electrons. The van der Waals surface area contributed by atoms with E-state index in [1.807, 2.05) is 6.07 Å². The lowest BCUT2D eigenvalue weighted by Gasteiger charge is -2.13. The molecule has 0 spiro atoms. The van der Waals surface area contributed by atoms with E-state index in [1.165, 1.54) is 12.1 Å². The monoisotopic (exact) mass is 290 g/mol. The number of hydrogen-bond acceptors (Lipinski definition) is 5. The standard InChI is InChI=1S/C15H15FN2O3/c16-14-6-11(7-17)3-4-15(14)18-8-12(19)9-20-10-13-2-1-5-21-13/h1-6,12,18-19H,8-10H2. The number of nitrogens with one attached hydrogen (secondary N) is 1. The first-order valence-corrected chi connectivity index (χ1v) is 6.40. The number of benzene rings is 1. The summed E-state index contributed by atoms with van der Waals surface area (Å²) in [5.41, 5.74) is 0.486. The molecule has 0 aliphatic rings. The Balaban J connectivity index is 1.73. The fourth-order valence-corrected chi connectivity index (χ4v) is 1.70. The van der Waals surface area contributed by atoms with Crippen LogP contribution >= 0.6 is 0 Å². The Kier molecular flexibility index (Phi) is 5.32. The number of hydrogen-bond donors (Lipinski definition) is 2. The zero-order chi connectivity index (χ0) is 15.1. The third-order valence-corrected chi connectivity index (χ3v) is 2.76. The van der Waals surface area contributed by atoms with Crippen LogP contribution in [0.2, 0.25) is 0 Å². The van der Waals surface area contributed by atoms with Crippen LogP contribution in [0.1, 0.15) is 11.3 Å². The number of nitrogens with zero attached hydrogens (tertiary/aromatic N) is 1. The van der Waals surface area contributed by atoms with Crippen LogP contribution in [-0.4, -0.2) is 24.4 Å². The molecule has 0 saturated carbocycles. The first-order chi connectivity index (χ1) is 10.2. The maximum absolute atomic E-state index is 13.6. The van der Waals surface area contributed by atoms with Gasteiger partial charge in [0.2, 0.25) is 0 Å². The summed E-state index contributed by atoms with van der Waals surface area (Å²) in [7, 11) is 0. The van der Waals surface area contributed by atoms with Crippen molar-refractivity contribution < 1.29 is 18.7 Å². The van der Waals surface area contributed by atoms with Crippen molar-refractivity contribution in [3.8, 4) is 6.07 Å². The molecule has 0 radical (unpaired) electrons. The number of nitriles is 1. The second kappa shape index (κ2) is 7.43. The Morgan fingerprint density at radius 3 is 2.95 bits per heavy atom. The summed E-state index contributed by atoms with van der Waals surface area (Å²) in [5.74, 6) is 0.144. The lowest BCUT2D eigenvalue weighted by molar-refractivity contribution is 0.0282. The first-order valence-electron chi connectivity index (χ1n) is 6.40. The van der Waals surface area contributed by atoms with Gasteiger partial charge < -0.3 is 19.6 Å². The van der Waals surface area contributed by atoms with Gasteiger partial charge in [0.05, 0.1) is 36.3 Å². The van der Waals surface area contributed by atoms with E-state index in [0.717, 1.165) is 6.07 Å². The van der Waals surface area contributed by atoms with Crippen molar-refractivity contribution in [2.45, 2.75) is 12.7 Å². The third kappa shape index (κ3) is 4.60. The van der Waals surface area contributed by atoms with E-state index < -0.39 is 11.9 Å². The molecule has 0 aliphatic heterocycles. The van der Waals surface area contributed by atoms with E-state index in [2.05, 4.69) is 5.32 Å². The van der Waals surface area contributed by atoms with Crippen LogP contribution in [0.25, 0.3) is 0 Å². The van der Waals surface area contributed by atoms with Crippen molar-refractivity contribution >= 4 is 5.69 Å². The minimum atomic E-state index is -0.782. The molecule has 0 fully saturated rings. The molecule has 2 rings (SSSR count). The molecule has 1 heterocycles. The van der Waals surface area contributed by atoms with E-state index in [0.29, 0.717) is 5.76 Å². The average Bonchev–Trinajstić information content (AvgIpc) is 2.99. The molecule has 1 aromatic heterocycles. The predicted octanol–water partition coefficient (Wildman–Crippen LogP) is 2.28. The molecule has 1 unspecified atom stereocenters. The van der Waals surface area contributed by atoms with E-state index in [1.54, 1.807) is 18.4 Å². The van der Waals surface area contributed by atoms with Gasteiger partial charge in [0, 0.05) is 6.54 Å². The largest absolute Gasteiger partial charge is 0.467 e. The number of halogens is 1. The number of aliphatic hydroxyl groups excluding tert-OH is 1. The smallest absolute Gasteiger partial charge is 0.147 e. The van der Waals surface area contributed by atoms with Gasteiger partial charge in [0.1, 0.15) is 18.2 Å². The van der Waals surface area contributed by atoms with Crippen LogP contribution in [0.5, 0.6) is 0 Å². The number of ether oxygens (including phenoxy) is 1. The molecule has 2 N–H and O–H groups in total. The maximum Gasteiger partial charge on any atom is 0.147 e. The van der Waals surface area contributed by atoms with Crippen LogP contribution < -0.4 is 5.32 Å². The van der Waals surface area contributed by atoms with Crippen LogP contribution in [0.4, 0.5) is 10.1 Å². The van der Waals surface area contributed by atoms with E-state index in [4.69, 9.17) is 14.4 Å². The van der Waals surface area contributed by atoms with Gasteiger partial charge in [0.25, 0.3) is 0 Å². The highest BCUT2D eigenvalue weighted by atomic mass is 19.1. The lowest BCUT2D eigenvalue weighted by atomic mass is 10.2. The number of anilines is 1. The van der Waals surface area contributed by atoms with Gasteiger partial charge in [0.15, 0.2) is 0 Å². The summed E-state index contributed by atoms with van der Waals surface area (Å²) in [6.07, 6.45) is 0.764. The Morgan fingerprint density at radius 2 is 2.29 bits per heavy atom. The van der Waals surface area contributed by atoms with E-state index in [9.17, 15) is 9.50 Å². The summed E-state index contributed by atoms with van der Waals surface area (Å²) in [6, 6.07) is 9.49. The zero-order valence-corrected chi connectivity index (χ0v) is 11.3. The summed E-state index contributed by atoms with van der Waals surface area (Å²) >= 11 is 0. The second-order valence-corrected chi connectivity index (χ2v) is 4.44. The summed E-state index contributed by atoms with van der Waals surface area (Å²) in [6.45, 7) is 0.516. The molecule has 6 heteroatoms. The molecule has 0 aliphatic carbocycles. The normalized spacial score (nSPS) is 11.9. The van der Waals surface area contributed by atoms with Crippen molar-refractivity contribution in [1.29, 1.82) is 5.26 Å². The van der Waals surface area contributed by atoms with E-state index in [-0.39, 0.29) is 31.0 Å². The topological polar surface area (TPSA) is 78.4 Å². The summed E-state index contributed by atoms with van der Waals surface area (Å²) in [5, 5.41) is 21.2. The third-order valence-electron chi connectivity index (χ3n) is 2.76. The Hall–Kier alpha value is -2.36. The second-order valence-electron chi connectivity index (χ2n) is 4.44. The van der Waals surface area contributed by atoms with E-state index >= 15 is 0 Å². The van der Waals surface area contributed by atoms with Crippen LogP contribution in [0.15, 0.2) is 41.0 Å². The van der Waals surface area contributed by atoms with Gasteiger partial charge in [-0.1, -0.05) is 0 Å². The molecule has 1 atom stereocenters. The van der Waals surface area contributed by atoms with Crippen molar-refractivity contribution in [3.05, 3.63) is 53.7 Å². The molecule has 1 aromatic carbocycles. The minimum absolute atomic E-state index is 0.103. The Morgan fingerprint density at radius 1 is 1.43 bits per heavy atom. The zero-order valence-electron chi connectivity index (χ0n) is 11.3. The lowest BCUT2D eigenvalue weighted by Crippen LogP contribution is -2.25. The Bertz CT molecular complexity index is 608. The number of aliphatic hydroxyl groups is 1.